The number of alkyl halides is 3. The molecule has 1 rings (SSSR count). The third kappa shape index (κ3) is 4.65. The molecule has 0 atom stereocenters. The Morgan fingerprint density at radius 1 is 1.28 bits per heavy atom. The van der Waals surface area contributed by atoms with Gasteiger partial charge in [-0.1, -0.05) is 12.1 Å². The van der Waals surface area contributed by atoms with Gasteiger partial charge in [0.15, 0.2) is 0 Å². The summed E-state index contributed by atoms with van der Waals surface area (Å²) in [5.41, 5.74) is 0.834. The molecule has 1 aromatic rings. The zero-order chi connectivity index (χ0) is 13.6. The first-order chi connectivity index (χ1) is 8.43. The van der Waals surface area contributed by atoms with Crippen molar-refractivity contribution in [3.05, 3.63) is 29.8 Å². The Morgan fingerprint density at radius 3 is 2.39 bits per heavy atom. The predicted molar refractivity (Wildman–Crippen MR) is 60.4 cm³/mol. The van der Waals surface area contributed by atoms with E-state index in [1.165, 1.54) is 0 Å². The molecule has 0 heterocycles. The van der Waals surface area contributed by atoms with Gasteiger partial charge < -0.3 is 10.1 Å². The maximum absolute atomic E-state index is 11.9. The second-order valence-electron chi connectivity index (χ2n) is 3.58. The first-order valence-electron chi connectivity index (χ1n) is 5.50. The number of benzene rings is 1. The van der Waals surface area contributed by atoms with Gasteiger partial charge in [-0.05, 0) is 31.0 Å². The topological polar surface area (TPSA) is 38.3 Å². The number of halogens is 3. The molecule has 0 bridgehead atoms. The Labute approximate surface area is 103 Å². The highest BCUT2D eigenvalue weighted by atomic mass is 19.4. The van der Waals surface area contributed by atoms with Crippen LogP contribution in [0.15, 0.2) is 24.3 Å². The number of nitrogens with one attached hydrogen (secondary N) is 1. The van der Waals surface area contributed by atoms with E-state index in [4.69, 9.17) is 4.74 Å². The summed E-state index contributed by atoms with van der Waals surface area (Å²) >= 11 is 0. The van der Waals surface area contributed by atoms with E-state index in [1.807, 2.05) is 12.2 Å². The van der Waals surface area contributed by atoms with Crippen molar-refractivity contribution in [3.8, 4) is 5.75 Å². The molecule has 1 amide bonds. The number of ether oxygens (including phenoxy) is 1. The van der Waals surface area contributed by atoms with Gasteiger partial charge in [-0.15, -0.1) is 0 Å². The van der Waals surface area contributed by atoms with Crippen LogP contribution >= 0.6 is 0 Å². The maximum Gasteiger partial charge on any atom is 0.471 e. The number of hydrogen-bond donors (Lipinski definition) is 1. The fourth-order valence-corrected chi connectivity index (χ4v) is 1.34. The summed E-state index contributed by atoms with van der Waals surface area (Å²) in [7, 11) is 0. The van der Waals surface area contributed by atoms with Crippen LogP contribution in [0.4, 0.5) is 13.2 Å². The number of hydrogen-bond acceptors (Lipinski definition) is 2. The van der Waals surface area contributed by atoms with Crippen LogP contribution in [0, 0.1) is 0 Å². The zero-order valence-corrected chi connectivity index (χ0v) is 9.88. The summed E-state index contributed by atoms with van der Waals surface area (Å²) in [6.45, 7) is 2.37. The zero-order valence-electron chi connectivity index (χ0n) is 9.88. The second-order valence-corrected chi connectivity index (χ2v) is 3.58. The van der Waals surface area contributed by atoms with Gasteiger partial charge in [0, 0.05) is 6.54 Å². The Kier molecular flexibility index (Phi) is 5.00. The van der Waals surface area contributed by atoms with Crippen LogP contribution in [0.3, 0.4) is 0 Å². The van der Waals surface area contributed by atoms with Crippen molar-refractivity contribution in [3.63, 3.8) is 0 Å². The Bertz CT molecular complexity index is 387. The summed E-state index contributed by atoms with van der Waals surface area (Å²) in [4.78, 5) is 10.5. The van der Waals surface area contributed by atoms with Crippen LogP contribution in [0.2, 0.25) is 0 Å². The van der Waals surface area contributed by atoms with Gasteiger partial charge in [-0.25, -0.2) is 0 Å². The van der Waals surface area contributed by atoms with E-state index in [0.29, 0.717) is 18.8 Å². The van der Waals surface area contributed by atoms with E-state index in [0.717, 1.165) is 5.56 Å². The van der Waals surface area contributed by atoms with Crippen molar-refractivity contribution < 1.29 is 22.7 Å². The number of rotatable bonds is 5. The van der Waals surface area contributed by atoms with E-state index >= 15 is 0 Å². The van der Waals surface area contributed by atoms with Gasteiger partial charge in [0.05, 0.1) is 6.61 Å². The van der Waals surface area contributed by atoms with Crippen molar-refractivity contribution in [2.75, 3.05) is 13.2 Å². The number of amides is 1. The van der Waals surface area contributed by atoms with Gasteiger partial charge in [-0.3, -0.25) is 4.79 Å². The van der Waals surface area contributed by atoms with Crippen LogP contribution in [-0.4, -0.2) is 25.2 Å². The van der Waals surface area contributed by atoms with E-state index in [1.54, 1.807) is 24.3 Å². The fraction of sp³-hybridized carbons (Fsp3) is 0.417. The molecule has 0 aliphatic heterocycles. The van der Waals surface area contributed by atoms with E-state index in [2.05, 4.69) is 0 Å². The summed E-state index contributed by atoms with van der Waals surface area (Å²) in [6.07, 6.45) is -4.48. The third-order valence-electron chi connectivity index (χ3n) is 2.19. The van der Waals surface area contributed by atoms with E-state index in [-0.39, 0.29) is 6.54 Å². The molecule has 0 aliphatic carbocycles. The minimum Gasteiger partial charge on any atom is -0.494 e. The van der Waals surface area contributed by atoms with Crippen molar-refractivity contribution in [1.82, 2.24) is 5.32 Å². The van der Waals surface area contributed by atoms with Gasteiger partial charge in [0.1, 0.15) is 5.75 Å². The minimum absolute atomic E-state index is 0.0493. The summed E-state index contributed by atoms with van der Waals surface area (Å²) in [5, 5.41) is 1.82. The molecule has 6 heteroatoms. The van der Waals surface area contributed by atoms with Crippen LogP contribution in [0.1, 0.15) is 12.5 Å². The molecule has 3 nitrogen and oxygen atoms in total. The Morgan fingerprint density at radius 2 is 1.89 bits per heavy atom. The standard InChI is InChI=1S/C12H14F3NO2/c1-2-18-10-5-3-9(4-6-10)7-8-16-11(17)12(13,14)15/h3-6H,2,7-8H2,1H3,(H,16,17). The lowest BCUT2D eigenvalue weighted by Gasteiger charge is -2.08. The molecule has 0 fully saturated rings. The molecule has 1 N–H and O–H groups in total. The molecule has 0 aromatic heterocycles. The molecule has 0 aliphatic rings. The molecular weight excluding hydrogens is 247 g/mol. The molecule has 1 aromatic carbocycles. The van der Waals surface area contributed by atoms with Crippen molar-refractivity contribution in [2.45, 2.75) is 19.5 Å². The normalized spacial score (nSPS) is 11.1. The SMILES string of the molecule is CCOc1ccc(CCNC(=O)C(F)(F)F)cc1. The lowest BCUT2D eigenvalue weighted by molar-refractivity contribution is -0.173. The molecule has 0 saturated carbocycles. The average molecular weight is 261 g/mol. The highest BCUT2D eigenvalue weighted by Gasteiger charge is 2.38. The average Bonchev–Trinajstić information content (AvgIpc) is 2.30. The largest absolute Gasteiger partial charge is 0.494 e. The smallest absolute Gasteiger partial charge is 0.471 e. The first-order valence-corrected chi connectivity index (χ1v) is 5.50. The molecule has 0 saturated heterocycles. The lowest BCUT2D eigenvalue weighted by Crippen LogP contribution is -2.37. The number of carbonyl (C=O) groups excluding carboxylic acids is 1. The molecule has 0 spiro atoms. The highest BCUT2D eigenvalue weighted by Crippen LogP contribution is 2.14. The van der Waals surface area contributed by atoms with Gasteiger partial charge in [0.25, 0.3) is 0 Å². The predicted octanol–water partition coefficient (Wildman–Crippen LogP) is 2.31. The van der Waals surface area contributed by atoms with Crippen LogP contribution in [0.25, 0.3) is 0 Å². The third-order valence-corrected chi connectivity index (χ3v) is 2.19. The molecule has 0 radical (unpaired) electrons. The van der Waals surface area contributed by atoms with Crippen molar-refractivity contribution >= 4 is 5.91 Å². The van der Waals surface area contributed by atoms with Gasteiger partial charge in [-0.2, -0.15) is 13.2 Å². The summed E-state index contributed by atoms with van der Waals surface area (Å²) in [5.74, 6) is -1.20. The van der Waals surface area contributed by atoms with E-state index < -0.39 is 12.1 Å². The Balaban J connectivity index is 2.38. The van der Waals surface area contributed by atoms with Crippen LogP contribution < -0.4 is 10.1 Å². The summed E-state index contributed by atoms with van der Waals surface area (Å²) in [6, 6.07) is 6.99. The highest BCUT2D eigenvalue weighted by molar-refractivity contribution is 5.81. The lowest BCUT2D eigenvalue weighted by atomic mass is 10.1. The van der Waals surface area contributed by atoms with Crippen LogP contribution in [0.5, 0.6) is 5.75 Å². The van der Waals surface area contributed by atoms with Crippen LogP contribution in [-0.2, 0) is 11.2 Å². The monoisotopic (exact) mass is 261 g/mol. The van der Waals surface area contributed by atoms with Gasteiger partial charge in [0.2, 0.25) is 0 Å². The Hall–Kier alpha value is -1.72. The van der Waals surface area contributed by atoms with Crippen molar-refractivity contribution in [1.29, 1.82) is 0 Å². The van der Waals surface area contributed by atoms with Gasteiger partial charge >= 0.3 is 12.1 Å². The molecule has 18 heavy (non-hydrogen) atoms. The fourth-order valence-electron chi connectivity index (χ4n) is 1.34. The first kappa shape index (κ1) is 14.3. The molecule has 0 unspecified atom stereocenters. The van der Waals surface area contributed by atoms with Crippen molar-refractivity contribution in [2.24, 2.45) is 0 Å². The quantitative estimate of drug-likeness (QED) is 0.883. The maximum atomic E-state index is 11.9. The minimum atomic E-state index is -4.82. The summed E-state index contributed by atoms with van der Waals surface area (Å²) < 4.78 is 40.9. The molecule has 100 valence electrons. The van der Waals surface area contributed by atoms with E-state index in [9.17, 15) is 18.0 Å². The molecular formula is C12H14F3NO2. The number of carbonyl (C=O) groups is 1. The second kappa shape index (κ2) is 6.28.